The minimum absolute atomic E-state index is 0. The van der Waals surface area contributed by atoms with E-state index in [4.69, 9.17) is 9.47 Å². The molecule has 0 spiro atoms. The lowest BCUT2D eigenvalue weighted by Crippen LogP contribution is -2.47. The van der Waals surface area contributed by atoms with Crippen molar-refractivity contribution in [3.8, 4) is 5.75 Å². The molecule has 1 fully saturated rings. The largest absolute Gasteiger partial charge is 0.491 e. The lowest BCUT2D eigenvalue weighted by atomic mass is 9.92. The summed E-state index contributed by atoms with van der Waals surface area (Å²) in [4.78, 5) is 16.4. The molecule has 1 atom stereocenters. The third kappa shape index (κ3) is 8.29. The van der Waals surface area contributed by atoms with Gasteiger partial charge in [-0.15, -0.1) is 24.0 Å². The summed E-state index contributed by atoms with van der Waals surface area (Å²) in [7, 11) is 1.72. The van der Waals surface area contributed by atoms with Gasteiger partial charge in [0, 0.05) is 38.9 Å². The van der Waals surface area contributed by atoms with Gasteiger partial charge in [-0.05, 0) is 52.2 Å². The number of nitrogens with one attached hydrogen (secondary N) is 3. The summed E-state index contributed by atoms with van der Waals surface area (Å²) < 4.78 is 11.7. The van der Waals surface area contributed by atoms with E-state index >= 15 is 0 Å². The quantitative estimate of drug-likeness (QED) is 0.259. The van der Waals surface area contributed by atoms with Gasteiger partial charge in [0.25, 0.3) is 0 Å². The number of aliphatic imine (C=N–C) groups is 1. The number of hydrogen-bond acceptors (Lipinski definition) is 4. The number of benzene rings is 1. The maximum atomic E-state index is 12.2. The van der Waals surface area contributed by atoms with E-state index in [-0.39, 0.29) is 36.0 Å². The van der Waals surface area contributed by atoms with E-state index in [9.17, 15) is 4.79 Å². The average molecular weight is 532 g/mol. The van der Waals surface area contributed by atoms with Crippen LogP contribution in [0.15, 0.2) is 23.2 Å². The first-order valence-corrected chi connectivity index (χ1v) is 10.4. The zero-order chi connectivity index (χ0) is 21.3. The standard InChI is InChI=1S/C22H36N4O3.HI/c1-6-24-20(27)22(3,4)15-26-21(23-5)25-13-17-10-9-16(2)12-19(17)29-14-18-8-7-11-28-18;/h9-10,12,18H,6-8,11,13-15H2,1-5H3,(H,24,27)(H2,23,25,26);1H. The van der Waals surface area contributed by atoms with E-state index in [0.29, 0.717) is 32.2 Å². The Morgan fingerprint density at radius 3 is 2.70 bits per heavy atom. The molecule has 1 heterocycles. The van der Waals surface area contributed by atoms with Crippen LogP contribution in [0, 0.1) is 12.3 Å². The Balaban J connectivity index is 0.00000450. The molecule has 8 heteroatoms. The fraction of sp³-hybridized carbons (Fsp3) is 0.636. The summed E-state index contributed by atoms with van der Waals surface area (Å²) >= 11 is 0. The number of guanidine groups is 1. The predicted molar refractivity (Wildman–Crippen MR) is 132 cm³/mol. The molecule has 3 N–H and O–H groups in total. The first-order valence-electron chi connectivity index (χ1n) is 10.4. The molecule has 1 aromatic carbocycles. The molecule has 1 unspecified atom stereocenters. The van der Waals surface area contributed by atoms with Gasteiger partial charge in [0.2, 0.25) is 5.91 Å². The van der Waals surface area contributed by atoms with Gasteiger partial charge < -0.3 is 25.4 Å². The number of carbonyl (C=O) groups excluding carboxylic acids is 1. The number of halogens is 1. The van der Waals surface area contributed by atoms with Gasteiger partial charge in [-0.2, -0.15) is 0 Å². The third-order valence-electron chi connectivity index (χ3n) is 4.99. The number of nitrogens with zero attached hydrogens (tertiary/aromatic N) is 1. The first kappa shape index (κ1) is 26.5. The Hall–Kier alpha value is -1.55. The molecule has 1 aromatic rings. The van der Waals surface area contributed by atoms with E-state index in [1.807, 2.05) is 20.8 Å². The first-order chi connectivity index (χ1) is 13.9. The zero-order valence-electron chi connectivity index (χ0n) is 18.8. The molecular weight excluding hydrogens is 495 g/mol. The van der Waals surface area contributed by atoms with Gasteiger partial charge in [0.1, 0.15) is 12.4 Å². The smallest absolute Gasteiger partial charge is 0.227 e. The number of amides is 1. The molecule has 170 valence electrons. The molecule has 0 aromatic heterocycles. The van der Waals surface area contributed by atoms with Gasteiger partial charge >= 0.3 is 0 Å². The summed E-state index contributed by atoms with van der Waals surface area (Å²) in [6.07, 6.45) is 2.34. The van der Waals surface area contributed by atoms with Crippen molar-refractivity contribution in [2.75, 3.05) is 33.4 Å². The summed E-state index contributed by atoms with van der Waals surface area (Å²) in [5, 5.41) is 9.43. The summed E-state index contributed by atoms with van der Waals surface area (Å²) in [5.41, 5.74) is 1.68. The Morgan fingerprint density at radius 1 is 1.30 bits per heavy atom. The second-order valence-electron chi connectivity index (χ2n) is 8.08. The maximum absolute atomic E-state index is 12.2. The minimum atomic E-state index is -0.535. The summed E-state index contributed by atoms with van der Waals surface area (Å²) in [6.45, 7) is 10.9. The highest BCUT2D eigenvalue weighted by molar-refractivity contribution is 14.0. The second kappa shape index (κ2) is 13.0. The number of carbonyl (C=O) groups is 1. The molecular formula is C22H37IN4O3. The fourth-order valence-corrected chi connectivity index (χ4v) is 3.09. The van der Waals surface area contributed by atoms with Crippen LogP contribution in [0.25, 0.3) is 0 Å². The van der Waals surface area contributed by atoms with Crippen molar-refractivity contribution in [3.63, 3.8) is 0 Å². The Labute approximate surface area is 197 Å². The van der Waals surface area contributed by atoms with Gasteiger partial charge in [-0.3, -0.25) is 9.79 Å². The fourth-order valence-electron chi connectivity index (χ4n) is 3.09. The molecule has 1 aliphatic rings. The Bertz CT molecular complexity index is 704. The van der Waals surface area contributed by atoms with Crippen LogP contribution in [-0.2, 0) is 16.1 Å². The van der Waals surface area contributed by atoms with Gasteiger partial charge in [0.15, 0.2) is 5.96 Å². The lowest BCUT2D eigenvalue weighted by molar-refractivity contribution is -0.128. The molecule has 0 bridgehead atoms. The maximum Gasteiger partial charge on any atom is 0.227 e. The van der Waals surface area contributed by atoms with Crippen molar-refractivity contribution in [2.45, 2.75) is 53.2 Å². The summed E-state index contributed by atoms with van der Waals surface area (Å²) in [6, 6.07) is 6.20. The highest BCUT2D eigenvalue weighted by atomic mass is 127. The minimum Gasteiger partial charge on any atom is -0.491 e. The molecule has 1 saturated heterocycles. The third-order valence-corrected chi connectivity index (χ3v) is 4.99. The number of hydrogen-bond donors (Lipinski definition) is 3. The van der Waals surface area contributed by atoms with Crippen molar-refractivity contribution in [2.24, 2.45) is 10.4 Å². The normalized spacial score (nSPS) is 16.6. The number of rotatable bonds is 9. The number of aryl methyl sites for hydroxylation is 1. The van der Waals surface area contributed by atoms with Crippen molar-refractivity contribution in [1.29, 1.82) is 0 Å². The molecule has 30 heavy (non-hydrogen) atoms. The molecule has 0 saturated carbocycles. The van der Waals surface area contributed by atoms with Crippen molar-refractivity contribution >= 4 is 35.8 Å². The van der Waals surface area contributed by atoms with Crippen LogP contribution in [-0.4, -0.2) is 51.3 Å². The second-order valence-corrected chi connectivity index (χ2v) is 8.08. The molecule has 7 nitrogen and oxygen atoms in total. The van der Waals surface area contributed by atoms with Crippen LogP contribution < -0.4 is 20.7 Å². The van der Waals surface area contributed by atoms with Crippen LogP contribution in [0.4, 0.5) is 0 Å². The monoisotopic (exact) mass is 532 g/mol. The number of ether oxygens (including phenoxy) is 2. The van der Waals surface area contributed by atoms with Crippen LogP contribution in [0.5, 0.6) is 5.75 Å². The topological polar surface area (TPSA) is 84.0 Å². The van der Waals surface area contributed by atoms with Crippen molar-refractivity contribution < 1.29 is 14.3 Å². The van der Waals surface area contributed by atoms with E-state index < -0.39 is 5.41 Å². The Morgan fingerprint density at radius 2 is 2.07 bits per heavy atom. The highest BCUT2D eigenvalue weighted by Gasteiger charge is 2.27. The lowest BCUT2D eigenvalue weighted by Gasteiger charge is -2.25. The predicted octanol–water partition coefficient (Wildman–Crippen LogP) is 3.00. The van der Waals surface area contributed by atoms with E-state index in [2.05, 4.69) is 46.1 Å². The SMILES string of the molecule is CCNC(=O)C(C)(C)CNC(=NC)NCc1ccc(C)cc1OCC1CCCO1.I. The molecule has 2 rings (SSSR count). The molecule has 1 aliphatic heterocycles. The van der Waals surface area contributed by atoms with E-state index in [1.54, 1.807) is 7.05 Å². The van der Waals surface area contributed by atoms with Crippen LogP contribution in [0.1, 0.15) is 44.7 Å². The van der Waals surface area contributed by atoms with Crippen LogP contribution in [0.3, 0.4) is 0 Å². The highest BCUT2D eigenvalue weighted by Crippen LogP contribution is 2.22. The molecule has 1 amide bonds. The molecule has 0 aliphatic carbocycles. The van der Waals surface area contributed by atoms with Gasteiger partial charge in [0.05, 0.1) is 11.5 Å². The van der Waals surface area contributed by atoms with Crippen molar-refractivity contribution in [3.05, 3.63) is 29.3 Å². The van der Waals surface area contributed by atoms with Crippen LogP contribution in [0.2, 0.25) is 0 Å². The van der Waals surface area contributed by atoms with E-state index in [1.165, 1.54) is 0 Å². The van der Waals surface area contributed by atoms with Gasteiger partial charge in [-0.25, -0.2) is 0 Å². The average Bonchev–Trinajstić information content (AvgIpc) is 3.21. The molecule has 0 radical (unpaired) electrons. The Kier molecular flexibility index (Phi) is 11.5. The van der Waals surface area contributed by atoms with Crippen molar-refractivity contribution in [1.82, 2.24) is 16.0 Å². The summed E-state index contributed by atoms with van der Waals surface area (Å²) in [5.74, 6) is 1.53. The van der Waals surface area contributed by atoms with E-state index in [0.717, 1.165) is 36.3 Å². The van der Waals surface area contributed by atoms with Crippen LogP contribution >= 0.6 is 24.0 Å². The van der Waals surface area contributed by atoms with Gasteiger partial charge in [-0.1, -0.05) is 12.1 Å². The zero-order valence-corrected chi connectivity index (χ0v) is 21.2.